The molecule has 0 radical (unpaired) electrons. The highest BCUT2D eigenvalue weighted by Crippen LogP contribution is 2.15. The Morgan fingerprint density at radius 1 is 1.00 bits per heavy atom. The van der Waals surface area contributed by atoms with Crippen LogP contribution in [-0.2, 0) is 4.74 Å². The van der Waals surface area contributed by atoms with Crippen LogP contribution in [0.2, 0.25) is 0 Å². The van der Waals surface area contributed by atoms with Gasteiger partial charge in [0.25, 0.3) is 0 Å². The molecular formula is C20H41NO2S2. The van der Waals surface area contributed by atoms with Crippen LogP contribution in [0.5, 0.6) is 0 Å². The van der Waals surface area contributed by atoms with E-state index >= 15 is 0 Å². The molecule has 0 aliphatic rings. The molecular weight excluding hydrogens is 350 g/mol. The first-order valence-electron chi connectivity index (χ1n) is 10.3. The third kappa shape index (κ3) is 14.0. The van der Waals surface area contributed by atoms with E-state index < -0.39 is 6.10 Å². The highest BCUT2D eigenvalue weighted by Gasteiger charge is 2.13. The Kier molecular flexibility index (Phi) is 17.7. The molecule has 0 aliphatic heterocycles. The van der Waals surface area contributed by atoms with Crippen LogP contribution in [0.25, 0.3) is 0 Å². The molecule has 0 bridgehead atoms. The van der Waals surface area contributed by atoms with Gasteiger partial charge in [0.05, 0.1) is 12.7 Å². The molecule has 0 rings (SSSR count). The van der Waals surface area contributed by atoms with Gasteiger partial charge < -0.3 is 14.7 Å². The zero-order chi connectivity index (χ0) is 18.9. The van der Waals surface area contributed by atoms with E-state index in [2.05, 4.69) is 32.6 Å². The lowest BCUT2D eigenvalue weighted by Gasteiger charge is -2.25. The third-order valence-corrected chi connectivity index (χ3v) is 6.10. The van der Waals surface area contributed by atoms with E-state index in [-0.39, 0.29) is 0 Å². The summed E-state index contributed by atoms with van der Waals surface area (Å²) < 4.78 is 6.67. The highest BCUT2D eigenvalue weighted by molar-refractivity contribution is 8.22. The van der Waals surface area contributed by atoms with E-state index in [1.165, 1.54) is 44.9 Å². The minimum Gasteiger partial charge on any atom is -0.390 e. The van der Waals surface area contributed by atoms with Crippen LogP contribution in [0.15, 0.2) is 0 Å². The molecule has 0 aromatic rings. The molecule has 1 N–H and O–H groups in total. The van der Waals surface area contributed by atoms with Crippen molar-refractivity contribution in [3.8, 4) is 0 Å². The van der Waals surface area contributed by atoms with Gasteiger partial charge in [-0.15, -0.1) is 0 Å². The SMILES string of the molecule is CCCCC(CC)COCC(O)CSC(=S)N(CCCC)CCCC. The Morgan fingerprint density at radius 2 is 1.60 bits per heavy atom. The van der Waals surface area contributed by atoms with E-state index in [1.807, 2.05) is 0 Å². The molecule has 0 saturated heterocycles. The van der Waals surface area contributed by atoms with Gasteiger partial charge in [0, 0.05) is 25.4 Å². The molecule has 0 aromatic heterocycles. The first-order chi connectivity index (χ1) is 12.1. The molecule has 0 aliphatic carbocycles. The van der Waals surface area contributed by atoms with Gasteiger partial charge in [0.2, 0.25) is 0 Å². The minimum atomic E-state index is -0.439. The number of rotatable bonds is 16. The van der Waals surface area contributed by atoms with Crippen molar-refractivity contribution in [1.82, 2.24) is 4.90 Å². The zero-order valence-corrected chi connectivity index (χ0v) is 18.6. The summed E-state index contributed by atoms with van der Waals surface area (Å²) in [6.45, 7) is 12.1. The highest BCUT2D eigenvalue weighted by atomic mass is 32.2. The molecule has 0 aromatic carbocycles. The summed E-state index contributed by atoms with van der Waals surface area (Å²) in [5, 5.41) is 10.2. The minimum absolute atomic E-state index is 0.419. The van der Waals surface area contributed by atoms with Crippen molar-refractivity contribution >= 4 is 28.3 Å². The Labute approximate surface area is 166 Å². The van der Waals surface area contributed by atoms with E-state index in [9.17, 15) is 5.11 Å². The fourth-order valence-corrected chi connectivity index (χ4v) is 3.75. The van der Waals surface area contributed by atoms with Crippen molar-refractivity contribution in [2.24, 2.45) is 5.92 Å². The standard InChI is InChI=1S/C20H41NO2S2/c1-5-9-12-18(8-4)15-23-16-19(22)17-25-20(24)21(13-10-6-2)14-11-7-3/h18-19,22H,5-17H2,1-4H3. The predicted molar refractivity (Wildman–Crippen MR) is 117 cm³/mol. The molecule has 0 saturated carbocycles. The van der Waals surface area contributed by atoms with Crippen LogP contribution in [0.3, 0.4) is 0 Å². The van der Waals surface area contributed by atoms with Crippen molar-refractivity contribution in [2.45, 2.75) is 85.2 Å². The molecule has 0 amide bonds. The largest absolute Gasteiger partial charge is 0.390 e. The zero-order valence-electron chi connectivity index (χ0n) is 17.0. The molecule has 0 heterocycles. The normalized spacial score (nSPS) is 13.6. The van der Waals surface area contributed by atoms with Gasteiger partial charge in [-0.2, -0.15) is 0 Å². The second-order valence-corrected chi connectivity index (χ2v) is 8.53. The molecule has 25 heavy (non-hydrogen) atoms. The summed E-state index contributed by atoms with van der Waals surface area (Å²) in [5.74, 6) is 1.25. The average Bonchev–Trinajstić information content (AvgIpc) is 2.62. The van der Waals surface area contributed by atoms with Crippen LogP contribution in [0.1, 0.15) is 79.1 Å². The van der Waals surface area contributed by atoms with Gasteiger partial charge in [-0.05, 0) is 25.2 Å². The lowest BCUT2D eigenvalue weighted by atomic mass is 10.0. The Morgan fingerprint density at radius 3 is 2.12 bits per heavy atom. The predicted octanol–water partition coefficient (Wildman–Crippen LogP) is 5.50. The first kappa shape index (κ1) is 25.2. The summed E-state index contributed by atoms with van der Waals surface area (Å²) in [4.78, 5) is 2.30. The van der Waals surface area contributed by atoms with Crippen LogP contribution < -0.4 is 0 Å². The Balaban J connectivity index is 4.02. The van der Waals surface area contributed by atoms with Crippen molar-refractivity contribution in [3.63, 3.8) is 0 Å². The van der Waals surface area contributed by atoms with E-state index in [0.29, 0.717) is 18.3 Å². The summed E-state index contributed by atoms with van der Waals surface area (Å²) in [7, 11) is 0. The maximum absolute atomic E-state index is 10.2. The number of aliphatic hydroxyl groups is 1. The fourth-order valence-electron chi connectivity index (χ4n) is 2.57. The van der Waals surface area contributed by atoms with E-state index in [0.717, 1.165) is 30.4 Å². The van der Waals surface area contributed by atoms with Crippen LogP contribution >= 0.6 is 24.0 Å². The van der Waals surface area contributed by atoms with Crippen LogP contribution in [0.4, 0.5) is 0 Å². The summed E-state index contributed by atoms with van der Waals surface area (Å²) in [6, 6.07) is 0. The molecule has 150 valence electrons. The quantitative estimate of drug-likeness (QED) is 0.351. The van der Waals surface area contributed by atoms with Crippen LogP contribution in [-0.4, -0.2) is 52.5 Å². The van der Waals surface area contributed by atoms with Gasteiger partial charge in [-0.25, -0.2) is 0 Å². The van der Waals surface area contributed by atoms with E-state index in [4.69, 9.17) is 17.0 Å². The number of unbranched alkanes of at least 4 members (excludes halogenated alkanes) is 3. The topological polar surface area (TPSA) is 32.7 Å². The maximum atomic E-state index is 10.2. The van der Waals surface area contributed by atoms with Gasteiger partial charge in [-0.3, -0.25) is 0 Å². The molecule has 2 unspecified atom stereocenters. The molecule has 5 heteroatoms. The number of ether oxygens (including phenoxy) is 1. The van der Waals surface area contributed by atoms with Crippen molar-refractivity contribution in [3.05, 3.63) is 0 Å². The number of nitrogens with zero attached hydrogens (tertiary/aromatic N) is 1. The third-order valence-electron chi connectivity index (χ3n) is 4.43. The molecule has 2 atom stereocenters. The van der Waals surface area contributed by atoms with Gasteiger partial charge >= 0.3 is 0 Å². The van der Waals surface area contributed by atoms with Gasteiger partial charge in [0.1, 0.15) is 4.32 Å². The second kappa shape index (κ2) is 17.6. The smallest absolute Gasteiger partial charge is 0.136 e. The molecule has 3 nitrogen and oxygen atoms in total. The lowest BCUT2D eigenvalue weighted by molar-refractivity contribution is 0.0288. The average molecular weight is 392 g/mol. The molecule has 0 fully saturated rings. The summed E-state index contributed by atoms with van der Waals surface area (Å²) in [6.07, 6.45) is 9.15. The number of thiocarbonyl (C=S) groups is 1. The first-order valence-corrected chi connectivity index (χ1v) is 11.7. The number of aliphatic hydroxyl groups excluding tert-OH is 1. The molecule has 0 spiro atoms. The van der Waals surface area contributed by atoms with Crippen LogP contribution in [0, 0.1) is 5.92 Å². The van der Waals surface area contributed by atoms with Gasteiger partial charge in [0.15, 0.2) is 0 Å². The van der Waals surface area contributed by atoms with E-state index in [1.54, 1.807) is 11.8 Å². The Hall–Kier alpha value is 0.160. The van der Waals surface area contributed by atoms with Gasteiger partial charge in [-0.1, -0.05) is 83.8 Å². The number of hydrogen-bond donors (Lipinski definition) is 1. The summed E-state index contributed by atoms with van der Waals surface area (Å²) in [5.41, 5.74) is 0. The monoisotopic (exact) mass is 391 g/mol. The fraction of sp³-hybridized carbons (Fsp3) is 0.950. The lowest BCUT2D eigenvalue weighted by Crippen LogP contribution is -2.31. The second-order valence-electron chi connectivity index (χ2n) is 6.88. The number of thioether (sulfide) groups is 1. The summed E-state index contributed by atoms with van der Waals surface area (Å²) >= 11 is 7.18. The maximum Gasteiger partial charge on any atom is 0.136 e. The Bertz CT molecular complexity index is 308. The number of hydrogen-bond acceptors (Lipinski definition) is 4. The van der Waals surface area contributed by atoms with Crippen molar-refractivity contribution in [2.75, 3.05) is 32.1 Å². The van der Waals surface area contributed by atoms with Crippen molar-refractivity contribution < 1.29 is 9.84 Å². The van der Waals surface area contributed by atoms with Crippen molar-refractivity contribution in [1.29, 1.82) is 0 Å².